The number of hydrogen-bond donors (Lipinski definition) is 2. The van der Waals surface area contributed by atoms with Crippen molar-refractivity contribution in [1.29, 1.82) is 0 Å². The summed E-state index contributed by atoms with van der Waals surface area (Å²) >= 11 is 0. The van der Waals surface area contributed by atoms with E-state index in [9.17, 15) is 4.79 Å². The van der Waals surface area contributed by atoms with E-state index in [2.05, 4.69) is 22.6 Å². The lowest BCUT2D eigenvalue weighted by Crippen LogP contribution is -2.26. The first kappa shape index (κ1) is 12.9. The maximum Gasteiger partial charge on any atom is 0.374 e. The lowest BCUT2D eigenvalue weighted by atomic mass is 9.89. The third-order valence-electron chi connectivity index (χ3n) is 3.71. The van der Waals surface area contributed by atoms with Gasteiger partial charge in [0.15, 0.2) is 0 Å². The minimum atomic E-state index is -1.10. The highest BCUT2D eigenvalue weighted by Gasteiger charge is 2.17. The summed E-state index contributed by atoms with van der Waals surface area (Å²) in [7, 11) is 0. The molecule has 1 saturated heterocycles. The van der Waals surface area contributed by atoms with Gasteiger partial charge in [-0.2, -0.15) is 0 Å². The van der Waals surface area contributed by atoms with Crippen LogP contribution in [0.1, 0.15) is 34.9 Å². The van der Waals surface area contributed by atoms with Crippen LogP contribution in [-0.2, 0) is 0 Å². The average molecular weight is 272 g/mol. The maximum absolute atomic E-state index is 10.8. The summed E-state index contributed by atoms with van der Waals surface area (Å²) in [5.74, 6) is -0.674. The van der Waals surface area contributed by atoms with Gasteiger partial charge >= 0.3 is 5.97 Å². The van der Waals surface area contributed by atoms with Crippen molar-refractivity contribution >= 4 is 5.97 Å². The van der Waals surface area contributed by atoms with Crippen molar-refractivity contribution in [3.05, 3.63) is 41.7 Å². The summed E-state index contributed by atoms with van der Waals surface area (Å²) in [6, 6.07) is 9.58. The molecule has 0 spiro atoms. The molecule has 104 valence electrons. The van der Waals surface area contributed by atoms with Crippen molar-refractivity contribution in [2.75, 3.05) is 13.1 Å². The van der Waals surface area contributed by atoms with Gasteiger partial charge in [0, 0.05) is 11.6 Å². The minimum absolute atomic E-state index is 0.132. The molecule has 2 aromatic rings. The fourth-order valence-electron chi connectivity index (χ4n) is 2.62. The lowest BCUT2D eigenvalue weighted by molar-refractivity contribution is 0.0652. The van der Waals surface area contributed by atoms with Crippen LogP contribution in [0.3, 0.4) is 0 Å². The Hall–Kier alpha value is -2.14. The Bertz CT molecular complexity index is 615. The topological polar surface area (TPSA) is 75.4 Å². The highest BCUT2D eigenvalue weighted by Crippen LogP contribution is 2.28. The predicted molar refractivity (Wildman–Crippen MR) is 73.7 cm³/mol. The number of aromatic nitrogens is 1. The van der Waals surface area contributed by atoms with Gasteiger partial charge in [-0.15, -0.1) is 0 Å². The van der Waals surface area contributed by atoms with Crippen LogP contribution >= 0.6 is 0 Å². The summed E-state index contributed by atoms with van der Waals surface area (Å²) in [5.41, 5.74) is 2.75. The van der Waals surface area contributed by atoms with Crippen LogP contribution in [0.2, 0.25) is 0 Å². The first-order chi connectivity index (χ1) is 9.74. The van der Waals surface area contributed by atoms with Gasteiger partial charge in [-0.3, -0.25) is 0 Å². The molecule has 0 unspecified atom stereocenters. The Morgan fingerprint density at radius 3 is 2.80 bits per heavy atom. The number of nitrogens with one attached hydrogen (secondary N) is 1. The van der Waals surface area contributed by atoms with Gasteiger partial charge in [-0.25, -0.2) is 4.79 Å². The van der Waals surface area contributed by atoms with E-state index in [1.54, 1.807) is 0 Å². The van der Waals surface area contributed by atoms with E-state index in [1.165, 1.54) is 11.6 Å². The van der Waals surface area contributed by atoms with Crippen LogP contribution in [-0.4, -0.2) is 29.3 Å². The molecule has 2 heterocycles. The number of hydrogen-bond acceptors (Lipinski definition) is 4. The summed E-state index contributed by atoms with van der Waals surface area (Å²) < 4.78 is 4.81. The second kappa shape index (κ2) is 5.46. The fourth-order valence-corrected chi connectivity index (χ4v) is 2.62. The number of carboxylic acid groups (broad SMARTS) is 1. The molecule has 0 atom stereocenters. The molecular weight excluding hydrogens is 256 g/mol. The quantitative estimate of drug-likeness (QED) is 0.898. The SMILES string of the molecule is O=C(O)c1cc(-c2cccc(C3CCNCC3)c2)no1. The Kier molecular flexibility index (Phi) is 3.52. The van der Waals surface area contributed by atoms with Crippen molar-refractivity contribution < 1.29 is 14.4 Å². The number of carboxylic acids is 1. The summed E-state index contributed by atoms with van der Waals surface area (Å²) in [6.07, 6.45) is 2.26. The molecule has 5 nitrogen and oxygen atoms in total. The van der Waals surface area contributed by atoms with Crippen LogP contribution in [0, 0.1) is 0 Å². The molecule has 3 rings (SSSR count). The molecule has 20 heavy (non-hydrogen) atoms. The van der Waals surface area contributed by atoms with Gasteiger partial charge in [-0.05, 0) is 43.5 Å². The molecule has 0 saturated carbocycles. The molecule has 0 radical (unpaired) electrons. The smallest absolute Gasteiger partial charge is 0.374 e. The van der Waals surface area contributed by atoms with Crippen molar-refractivity contribution in [1.82, 2.24) is 10.5 Å². The van der Waals surface area contributed by atoms with Crippen molar-refractivity contribution in [3.8, 4) is 11.3 Å². The monoisotopic (exact) mass is 272 g/mol. The Labute approximate surface area is 116 Å². The molecule has 1 aliphatic rings. The second-order valence-electron chi connectivity index (χ2n) is 5.03. The number of aromatic carboxylic acids is 1. The van der Waals surface area contributed by atoms with Crippen molar-refractivity contribution in [3.63, 3.8) is 0 Å². The zero-order valence-electron chi connectivity index (χ0n) is 11.0. The van der Waals surface area contributed by atoms with E-state index in [0.29, 0.717) is 11.6 Å². The minimum Gasteiger partial charge on any atom is -0.475 e. The van der Waals surface area contributed by atoms with E-state index in [-0.39, 0.29) is 5.76 Å². The van der Waals surface area contributed by atoms with Gasteiger partial charge in [0.2, 0.25) is 5.76 Å². The summed E-state index contributed by atoms with van der Waals surface area (Å²) in [4.78, 5) is 10.8. The van der Waals surface area contributed by atoms with Crippen molar-refractivity contribution in [2.24, 2.45) is 0 Å². The first-order valence-electron chi connectivity index (χ1n) is 6.75. The fraction of sp³-hybridized carbons (Fsp3) is 0.333. The normalized spacial score (nSPS) is 16.2. The molecule has 0 aliphatic carbocycles. The molecule has 2 N–H and O–H groups in total. The molecule has 0 bridgehead atoms. The highest BCUT2D eigenvalue weighted by molar-refractivity contribution is 5.85. The van der Waals surface area contributed by atoms with Crippen molar-refractivity contribution in [2.45, 2.75) is 18.8 Å². The maximum atomic E-state index is 10.8. The van der Waals surface area contributed by atoms with E-state index in [1.807, 2.05) is 12.1 Å². The third kappa shape index (κ3) is 2.58. The standard InChI is InChI=1S/C15H16N2O3/c18-15(19)14-9-13(17-20-14)12-3-1-2-11(8-12)10-4-6-16-7-5-10/h1-3,8-10,16H,4-7H2,(H,18,19). The average Bonchev–Trinajstić information content (AvgIpc) is 2.98. The van der Waals surface area contributed by atoms with E-state index in [4.69, 9.17) is 9.63 Å². The van der Waals surface area contributed by atoms with Crippen LogP contribution in [0.4, 0.5) is 0 Å². The van der Waals surface area contributed by atoms with Gasteiger partial charge in [0.05, 0.1) is 0 Å². The van der Waals surface area contributed by atoms with Gasteiger partial charge in [-0.1, -0.05) is 23.4 Å². The van der Waals surface area contributed by atoms with E-state index in [0.717, 1.165) is 31.5 Å². The molecule has 0 amide bonds. The zero-order chi connectivity index (χ0) is 13.9. The molecule has 1 aromatic heterocycles. The number of benzene rings is 1. The van der Waals surface area contributed by atoms with E-state index >= 15 is 0 Å². The second-order valence-corrected chi connectivity index (χ2v) is 5.03. The molecular formula is C15H16N2O3. The van der Waals surface area contributed by atoms with Crippen LogP contribution < -0.4 is 5.32 Å². The number of nitrogens with zero attached hydrogens (tertiary/aromatic N) is 1. The number of carbonyl (C=O) groups is 1. The largest absolute Gasteiger partial charge is 0.475 e. The molecule has 1 aromatic carbocycles. The van der Waals surface area contributed by atoms with Crippen LogP contribution in [0.15, 0.2) is 34.9 Å². The Morgan fingerprint density at radius 1 is 1.30 bits per heavy atom. The van der Waals surface area contributed by atoms with Crippen LogP contribution in [0.5, 0.6) is 0 Å². The number of rotatable bonds is 3. The van der Waals surface area contributed by atoms with Crippen LogP contribution in [0.25, 0.3) is 11.3 Å². The highest BCUT2D eigenvalue weighted by atomic mass is 16.5. The number of piperidine rings is 1. The third-order valence-corrected chi connectivity index (χ3v) is 3.71. The summed E-state index contributed by atoms with van der Waals surface area (Å²) in [6.45, 7) is 2.09. The van der Waals surface area contributed by atoms with Gasteiger partial charge < -0.3 is 14.9 Å². The Balaban J connectivity index is 1.87. The lowest BCUT2D eigenvalue weighted by Gasteiger charge is -2.23. The van der Waals surface area contributed by atoms with Gasteiger partial charge in [0.1, 0.15) is 5.69 Å². The Morgan fingerprint density at radius 2 is 2.10 bits per heavy atom. The van der Waals surface area contributed by atoms with Gasteiger partial charge in [0.25, 0.3) is 0 Å². The first-order valence-corrected chi connectivity index (χ1v) is 6.75. The molecule has 1 fully saturated rings. The zero-order valence-corrected chi connectivity index (χ0v) is 11.0. The predicted octanol–water partition coefficient (Wildman–Crippen LogP) is 2.51. The molecule has 5 heteroatoms. The van der Waals surface area contributed by atoms with E-state index < -0.39 is 5.97 Å². The summed E-state index contributed by atoms with van der Waals surface area (Å²) in [5, 5.41) is 16.0. The molecule has 1 aliphatic heterocycles.